The van der Waals surface area contributed by atoms with Gasteiger partial charge in [0.05, 0.1) is 4.92 Å². The average molecular weight is 421 g/mol. The third-order valence-electron chi connectivity index (χ3n) is 5.94. The molecule has 0 spiro atoms. The molecule has 2 N–H and O–H groups in total. The molecule has 31 heavy (non-hydrogen) atoms. The van der Waals surface area contributed by atoms with Crippen molar-refractivity contribution < 1.29 is 9.72 Å². The van der Waals surface area contributed by atoms with Crippen LogP contribution in [0.2, 0.25) is 0 Å². The molecule has 1 amide bonds. The van der Waals surface area contributed by atoms with Crippen molar-refractivity contribution in [2.45, 2.75) is 32.6 Å². The Morgan fingerprint density at radius 3 is 2.71 bits per heavy atom. The quantitative estimate of drug-likeness (QED) is 0.425. The van der Waals surface area contributed by atoms with E-state index in [9.17, 15) is 14.9 Å². The van der Waals surface area contributed by atoms with Crippen LogP contribution < -0.4 is 5.32 Å². The maximum atomic E-state index is 12.6. The summed E-state index contributed by atoms with van der Waals surface area (Å²) < 4.78 is 0. The van der Waals surface area contributed by atoms with Crippen LogP contribution in [-0.2, 0) is 0 Å². The van der Waals surface area contributed by atoms with Crippen molar-refractivity contribution in [3.05, 3.63) is 69.9 Å². The number of aromatic amines is 1. The number of carbonyl (C=O) groups excluding carboxylic acids is 1. The number of nitro benzene ring substituents is 1. The SMILES string of the molecule is CC(C)CN1CCC(c2c[nH]c3ccc(NC(=O)c4cccc([N+](=O)[O-])c4)cc23)CC1. The van der Waals surface area contributed by atoms with Gasteiger partial charge in [-0.05, 0) is 67.6 Å². The van der Waals surface area contributed by atoms with Crippen LogP contribution >= 0.6 is 0 Å². The van der Waals surface area contributed by atoms with Crippen LogP contribution in [0.4, 0.5) is 11.4 Å². The normalized spacial score (nSPS) is 15.5. The monoisotopic (exact) mass is 420 g/mol. The Morgan fingerprint density at radius 2 is 2.00 bits per heavy atom. The van der Waals surface area contributed by atoms with E-state index in [4.69, 9.17) is 0 Å². The molecule has 4 rings (SSSR count). The van der Waals surface area contributed by atoms with E-state index in [2.05, 4.69) is 35.2 Å². The second-order valence-corrected chi connectivity index (χ2v) is 8.73. The first-order valence-electron chi connectivity index (χ1n) is 10.8. The highest BCUT2D eigenvalue weighted by Crippen LogP contribution is 2.34. The third-order valence-corrected chi connectivity index (χ3v) is 5.94. The third kappa shape index (κ3) is 4.77. The molecule has 7 heteroatoms. The number of piperidine rings is 1. The Kier molecular flexibility index (Phi) is 6.04. The lowest BCUT2D eigenvalue weighted by molar-refractivity contribution is -0.384. The fourth-order valence-electron chi connectivity index (χ4n) is 4.46. The fourth-order valence-corrected chi connectivity index (χ4v) is 4.46. The molecule has 1 aliphatic heterocycles. The van der Waals surface area contributed by atoms with Crippen LogP contribution in [0.5, 0.6) is 0 Å². The molecule has 0 radical (unpaired) electrons. The topological polar surface area (TPSA) is 91.3 Å². The minimum atomic E-state index is -0.499. The lowest BCUT2D eigenvalue weighted by Crippen LogP contribution is -2.35. The summed E-state index contributed by atoms with van der Waals surface area (Å²) in [5, 5.41) is 15.0. The Hall–Kier alpha value is -3.19. The van der Waals surface area contributed by atoms with Gasteiger partial charge < -0.3 is 15.2 Å². The van der Waals surface area contributed by atoms with Gasteiger partial charge in [-0.1, -0.05) is 19.9 Å². The number of likely N-dealkylation sites (tertiary alicyclic amines) is 1. The van der Waals surface area contributed by atoms with E-state index < -0.39 is 4.92 Å². The lowest BCUT2D eigenvalue weighted by atomic mass is 9.89. The van der Waals surface area contributed by atoms with E-state index in [1.165, 1.54) is 23.8 Å². The van der Waals surface area contributed by atoms with Crippen LogP contribution in [0.15, 0.2) is 48.7 Å². The van der Waals surface area contributed by atoms with Gasteiger partial charge >= 0.3 is 0 Å². The van der Waals surface area contributed by atoms with Gasteiger partial charge in [0.15, 0.2) is 0 Å². The van der Waals surface area contributed by atoms with Crippen molar-refractivity contribution in [2.24, 2.45) is 5.92 Å². The number of fused-ring (bicyclic) bond motifs is 1. The maximum absolute atomic E-state index is 12.6. The first kappa shape index (κ1) is 21.1. The standard InChI is InChI=1S/C24H28N4O3/c1-16(2)15-27-10-8-17(9-11-27)22-14-25-23-7-6-19(13-21(22)23)26-24(29)18-4-3-5-20(12-18)28(30)31/h3-7,12-14,16-17,25H,8-11,15H2,1-2H3,(H,26,29). The average Bonchev–Trinajstić information content (AvgIpc) is 3.17. The minimum absolute atomic E-state index is 0.0974. The number of amides is 1. The second-order valence-electron chi connectivity index (χ2n) is 8.73. The number of benzene rings is 2. The van der Waals surface area contributed by atoms with Crippen LogP contribution in [0.1, 0.15) is 48.5 Å². The first-order chi connectivity index (χ1) is 14.9. The summed E-state index contributed by atoms with van der Waals surface area (Å²) in [6.45, 7) is 7.89. The molecule has 1 aromatic heterocycles. The number of anilines is 1. The molecular weight excluding hydrogens is 392 g/mol. The zero-order valence-corrected chi connectivity index (χ0v) is 17.9. The van der Waals surface area contributed by atoms with Gasteiger partial charge in [-0.2, -0.15) is 0 Å². The molecule has 1 aliphatic rings. The summed E-state index contributed by atoms with van der Waals surface area (Å²) in [7, 11) is 0. The highest BCUT2D eigenvalue weighted by atomic mass is 16.6. The molecule has 3 aromatic rings. The van der Waals surface area contributed by atoms with E-state index in [1.807, 2.05) is 18.2 Å². The summed E-state index contributed by atoms with van der Waals surface area (Å²) in [5.41, 5.74) is 3.20. The van der Waals surface area contributed by atoms with Crippen molar-refractivity contribution >= 4 is 28.2 Å². The summed E-state index contributed by atoms with van der Waals surface area (Å²) in [5.74, 6) is 0.823. The number of rotatable bonds is 6. The molecule has 162 valence electrons. The number of carbonyl (C=O) groups is 1. The Bertz CT molecular complexity index is 1100. The van der Waals surface area contributed by atoms with Gasteiger partial charge in [0.2, 0.25) is 0 Å². The molecule has 0 bridgehead atoms. The predicted octanol–water partition coefficient (Wildman–Crippen LogP) is 5.16. The van der Waals surface area contributed by atoms with Gasteiger partial charge in [0, 0.05) is 47.0 Å². The van der Waals surface area contributed by atoms with Crippen molar-refractivity contribution in [1.29, 1.82) is 0 Å². The molecule has 0 aliphatic carbocycles. The molecule has 2 aromatic carbocycles. The van der Waals surface area contributed by atoms with Gasteiger partial charge in [-0.25, -0.2) is 0 Å². The Balaban J connectivity index is 1.50. The summed E-state index contributed by atoms with van der Waals surface area (Å²) in [4.78, 5) is 29.0. The van der Waals surface area contributed by atoms with E-state index in [0.29, 0.717) is 17.5 Å². The predicted molar refractivity (Wildman–Crippen MR) is 123 cm³/mol. The summed E-state index contributed by atoms with van der Waals surface area (Å²) >= 11 is 0. The van der Waals surface area contributed by atoms with Gasteiger partial charge in [-0.3, -0.25) is 14.9 Å². The van der Waals surface area contributed by atoms with Crippen LogP contribution in [-0.4, -0.2) is 40.3 Å². The zero-order chi connectivity index (χ0) is 22.0. The Morgan fingerprint density at radius 1 is 1.23 bits per heavy atom. The van der Waals surface area contributed by atoms with Gasteiger partial charge in [-0.15, -0.1) is 0 Å². The molecule has 0 atom stereocenters. The van der Waals surface area contributed by atoms with Crippen molar-refractivity contribution in [1.82, 2.24) is 9.88 Å². The number of nitrogens with zero attached hydrogens (tertiary/aromatic N) is 2. The number of H-pyrrole nitrogens is 1. The molecular formula is C24H28N4O3. The number of hydrogen-bond donors (Lipinski definition) is 2. The van der Waals surface area contributed by atoms with Gasteiger partial charge in [0.25, 0.3) is 11.6 Å². The van der Waals surface area contributed by atoms with E-state index in [0.717, 1.165) is 43.4 Å². The fraction of sp³-hybridized carbons (Fsp3) is 0.375. The molecule has 0 unspecified atom stereocenters. The van der Waals surface area contributed by atoms with Crippen LogP contribution in [0.25, 0.3) is 10.9 Å². The lowest BCUT2D eigenvalue weighted by Gasteiger charge is -2.33. The number of nitrogens with one attached hydrogen (secondary N) is 2. The van der Waals surface area contributed by atoms with Gasteiger partial charge in [0.1, 0.15) is 0 Å². The van der Waals surface area contributed by atoms with Crippen LogP contribution in [0, 0.1) is 16.0 Å². The van der Waals surface area contributed by atoms with Crippen molar-refractivity contribution in [3.63, 3.8) is 0 Å². The Labute approximate surface area is 181 Å². The smallest absolute Gasteiger partial charge is 0.270 e. The van der Waals surface area contributed by atoms with Crippen molar-refractivity contribution in [2.75, 3.05) is 25.0 Å². The summed E-state index contributed by atoms with van der Waals surface area (Å²) in [6, 6.07) is 11.6. The van der Waals surface area contributed by atoms with E-state index in [1.54, 1.807) is 6.07 Å². The maximum Gasteiger partial charge on any atom is 0.270 e. The molecule has 1 fully saturated rings. The highest BCUT2D eigenvalue weighted by Gasteiger charge is 2.23. The highest BCUT2D eigenvalue weighted by molar-refractivity contribution is 6.05. The number of aromatic nitrogens is 1. The number of nitro groups is 1. The minimum Gasteiger partial charge on any atom is -0.361 e. The largest absolute Gasteiger partial charge is 0.361 e. The first-order valence-corrected chi connectivity index (χ1v) is 10.8. The van der Waals surface area contributed by atoms with E-state index >= 15 is 0 Å². The summed E-state index contributed by atoms with van der Waals surface area (Å²) in [6.07, 6.45) is 4.35. The van der Waals surface area contributed by atoms with E-state index in [-0.39, 0.29) is 17.2 Å². The van der Waals surface area contributed by atoms with Crippen LogP contribution in [0.3, 0.4) is 0 Å². The molecule has 1 saturated heterocycles. The molecule has 7 nitrogen and oxygen atoms in total. The molecule has 2 heterocycles. The molecule has 0 saturated carbocycles. The zero-order valence-electron chi connectivity index (χ0n) is 17.9. The second kappa shape index (κ2) is 8.89. The van der Waals surface area contributed by atoms with Crippen molar-refractivity contribution in [3.8, 4) is 0 Å². The number of hydrogen-bond acceptors (Lipinski definition) is 4. The number of non-ortho nitro benzene ring substituents is 1.